The highest BCUT2D eigenvalue weighted by Gasteiger charge is 2.27. The maximum atomic E-state index is 12.5. The SMILES string of the molecule is Cc1ccc(Cl)c(NC(=O)N2CCC([C@H](O)Cc3ccccc3)CC2)c1. The highest BCUT2D eigenvalue weighted by Crippen LogP contribution is 2.26. The summed E-state index contributed by atoms with van der Waals surface area (Å²) in [6, 6.07) is 15.5. The standard InChI is InChI=1S/C21H25ClN2O2/c1-15-7-8-18(22)19(13-15)23-21(26)24-11-9-17(10-12-24)20(25)14-16-5-3-2-4-6-16/h2-8,13,17,20,25H,9-12,14H2,1H3,(H,23,26)/t20-/m1/s1. The van der Waals surface area contributed by atoms with E-state index < -0.39 is 0 Å². The van der Waals surface area contributed by atoms with Gasteiger partial charge in [-0.2, -0.15) is 0 Å². The Morgan fingerprint density at radius 3 is 2.62 bits per heavy atom. The van der Waals surface area contributed by atoms with E-state index >= 15 is 0 Å². The first kappa shape index (κ1) is 18.7. The van der Waals surface area contributed by atoms with Gasteiger partial charge in [0, 0.05) is 13.1 Å². The predicted molar refractivity (Wildman–Crippen MR) is 106 cm³/mol. The fraction of sp³-hybridized carbons (Fsp3) is 0.381. The summed E-state index contributed by atoms with van der Waals surface area (Å²) in [5, 5.41) is 14.0. The Labute approximate surface area is 159 Å². The molecule has 1 aliphatic rings. The van der Waals surface area contributed by atoms with Gasteiger partial charge in [-0.3, -0.25) is 0 Å². The van der Waals surface area contributed by atoms with Crippen molar-refractivity contribution in [3.63, 3.8) is 0 Å². The van der Waals surface area contributed by atoms with Crippen molar-refractivity contribution in [2.75, 3.05) is 18.4 Å². The summed E-state index contributed by atoms with van der Waals surface area (Å²) in [5.74, 6) is 0.224. The number of nitrogens with one attached hydrogen (secondary N) is 1. The number of halogens is 1. The number of hydrogen-bond donors (Lipinski definition) is 2. The van der Waals surface area contributed by atoms with E-state index in [0.29, 0.717) is 30.2 Å². The van der Waals surface area contributed by atoms with Gasteiger partial charge in [-0.1, -0.05) is 48.0 Å². The first-order valence-corrected chi connectivity index (χ1v) is 9.45. The normalized spacial score (nSPS) is 16.3. The molecule has 0 bridgehead atoms. The monoisotopic (exact) mass is 372 g/mol. The van der Waals surface area contributed by atoms with Crippen molar-refractivity contribution >= 4 is 23.3 Å². The van der Waals surface area contributed by atoms with Gasteiger partial charge in [0.2, 0.25) is 0 Å². The van der Waals surface area contributed by atoms with Gasteiger partial charge in [0.25, 0.3) is 0 Å². The Morgan fingerprint density at radius 1 is 1.23 bits per heavy atom. The van der Waals surface area contributed by atoms with Gasteiger partial charge in [0.1, 0.15) is 0 Å². The van der Waals surface area contributed by atoms with Crippen LogP contribution in [0.25, 0.3) is 0 Å². The number of aryl methyl sites for hydroxylation is 1. The molecule has 1 aliphatic heterocycles. The molecule has 0 aliphatic carbocycles. The molecule has 1 fully saturated rings. The van der Waals surface area contributed by atoms with Crippen LogP contribution in [0.4, 0.5) is 10.5 Å². The minimum absolute atomic E-state index is 0.131. The average Bonchev–Trinajstić information content (AvgIpc) is 2.65. The van der Waals surface area contributed by atoms with Crippen LogP contribution in [0, 0.1) is 12.8 Å². The van der Waals surface area contributed by atoms with Crippen LogP contribution >= 0.6 is 11.6 Å². The fourth-order valence-corrected chi connectivity index (χ4v) is 3.60. The van der Waals surface area contributed by atoms with Crippen molar-refractivity contribution in [1.29, 1.82) is 0 Å². The molecule has 1 atom stereocenters. The van der Waals surface area contributed by atoms with E-state index in [1.165, 1.54) is 0 Å². The number of carbonyl (C=O) groups is 1. The quantitative estimate of drug-likeness (QED) is 0.830. The van der Waals surface area contributed by atoms with Gasteiger partial charge in [0.05, 0.1) is 16.8 Å². The van der Waals surface area contributed by atoms with Crippen LogP contribution in [0.2, 0.25) is 5.02 Å². The molecule has 4 nitrogen and oxygen atoms in total. The third-order valence-electron chi connectivity index (χ3n) is 5.02. The highest BCUT2D eigenvalue weighted by molar-refractivity contribution is 6.33. The Bertz CT molecular complexity index is 743. The minimum Gasteiger partial charge on any atom is -0.392 e. The van der Waals surface area contributed by atoms with Crippen molar-refractivity contribution in [3.8, 4) is 0 Å². The number of aliphatic hydroxyl groups excluding tert-OH is 1. The van der Waals surface area contributed by atoms with Crippen molar-refractivity contribution in [3.05, 3.63) is 64.7 Å². The number of aliphatic hydroxyl groups is 1. The van der Waals surface area contributed by atoms with Gasteiger partial charge in [-0.05, 0) is 55.4 Å². The minimum atomic E-state index is -0.367. The van der Waals surface area contributed by atoms with E-state index in [4.69, 9.17) is 11.6 Å². The number of urea groups is 1. The van der Waals surface area contributed by atoms with Crippen LogP contribution in [0.1, 0.15) is 24.0 Å². The molecule has 3 rings (SSSR count). The molecule has 1 saturated heterocycles. The number of benzene rings is 2. The van der Waals surface area contributed by atoms with E-state index in [1.54, 1.807) is 11.0 Å². The molecular formula is C21H25ClN2O2. The van der Waals surface area contributed by atoms with Crippen molar-refractivity contribution in [2.24, 2.45) is 5.92 Å². The lowest BCUT2D eigenvalue weighted by Gasteiger charge is -2.34. The van der Waals surface area contributed by atoms with Gasteiger partial charge >= 0.3 is 6.03 Å². The highest BCUT2D eigenvalue weighted by atomic mass is 35.5. The summed E-state index contributed by atoms with van der Waals surface area (Å²) < 4.78 is 0. The molecule has 26 heavy (non-hydrogen) atoms. The van der Waals surface area contributed by atoms with Crippen LogP contribution in [0.5, 0.6) is 0 Å². The van der Waals surface area contributed by atoms with Gasteiger partial charge in [-0.25, -0.2) is 4.79 Å². The van der Waals surface area contributed by atoms with Crippen LogP contribution < -0.4 is 5.32 Å². The molecule has 5 heteroatoms. The zero-order valence-electron chi connectivity index (χ0n) is 15.0. The van der Waals surface area contributed by atoms with E-state index in [-0.39, 0.29) is 18.1 Å². The van der Waals surface area contributed by atoms with E-state index in [0.717, 1.165) is 24.0 Å². The van der Waals surface area contributed by atoms with Gasteiger partial charge < -0.3 is 15.3 Å². The van der Waals surface area contributed by atoms with Gasteiger partial charge in [-0.15, -0.1) is 0 Å². The lowest BCUT2D eigenvalue weighted by molar-refractivity contribution is 0.0689. The molecule has 0 spiro atoms. The van der Waals surface area contributed by atoms with Crippen LogP contribution in [0.3, 0.4) is 0 Å². The zero-order chi connectivity index (χ0) is 18.5. The molecule has 2 aromatic carbocycles. The summed E-state index contributed by atoms with van der Waals surface area (Å²) in [6.45, 7) is 3.25. The molecule has 2 aromatic rings. The van der Waals surface area contributed by atoms with Gasteiger partial charge in [0.15, 0.2) is 0 Å². The summed E-state index contributed by atoms with van der Waals surface area (Å²) in [5.41, 5.74) is 2.84. The van der Waals surface area contributed by atoms with Crippen molar-refractivity contribution < 1.29 is 9.90 Å². The fourth-order valence-electron chi connectivity index (χ4n) is 3.44. The van der Waals surface area contributed by atoms with Crippen molar-refractivity contribution in [1.82, 2.24) is 4.90 Å². The van der Waals surface area contributed by atoms with Crippen LogP contribution in [-0.2, 0) is 6.42 Å². The number of rotatable bonds is 4. The number of piperidine rings is 1. The molecule has 138 valence electrons. The molecule has 1 heterocycles. The van der Waals surface area contributed by atoms with E-state index in [2.05, 4.69) is 5.32 Å². The Morgan fingerprint density at radius 2 is 1.92 bits per heavy atom. The number of nitrogens with zero attached hydrogens (tertiary/aromatic N) is 1. The van der Waals surface area contributed by atoms with Crippen LogP contribution in [0.15, 0.2) is 48.5 Å². The molecule has 0 saturated carbocycles. The maximum absolute atomic E-state index is 12.5. The third-order valence-corrected chi connectivity index (χ3v) is 5.35. The lowest BCUT2D eigenvalue weighted by atomic mass is 9.88. The number of hydrogen-bond acceptors (Lipinski definition) is 2. The Kier molecular flexibility index (Phi) is 6.17. The average molecular weight is 373 g/mol. The maximum Gasteiger partial charge on any atom is 0.321 e. The molecular weight excluding hydrogens is 348 g/mol. The second-order valence-electron chi connectivity index (χ2n) is 7.00. The number of anilines is 1. The zero-order valence-corrected chi connectivity index (χ0v) is 15.7. The Hall–Kier alpha value is -2.04. The number of carbonyl (C=O) groups excluding carboxylic acids is 1. The smallest absolute Gasteiger partial charge is 0.321 e. The topological polar surface area (TPSA) is 52.6 Å². The molecule has 0 unspecified atom stereocenters. The Balaban J connectivity index is 1.51. The summed E-state index contributed by atoms with van der Waals surface area (Å²) in [7, 11) is 0. The lowest BCUT2D eigenvalue weighted by Crippen LogP contribution is -2.43. The first-order chi connectivity index (χ1) is 12.5. The van der Waals surface area contributed by atoms with E-state index in [1.807, 2.05) is 49.4 Å². The molecule has 2 N–H and O–H groups in total. The molecule has 0 aromatic heterocycles. The van der Waals surface area contributed by atoms with E-state index in [9.17, 15) is 9.90 Å². The second-order valence-corrected chi connectivity index (χ2v) is 7.40. The first-order valence-electron chi connectivity index (χ1n) is 9.07. The molecule has 2 amide bonds. The summed E-state index contributed by atoms with van der Waals surface area (Å²) >= 11 is 6.15. The largest absolute Gasteiger partial charge is 0.392 e. The predicted octanol–water partition coefficient (Wildman–Crippen LogP) is 4.50. The number of likely N-dealkylation sites (tertiary alicyclic amines) is 1. The summed E-state index contributed by atoms with van der Waals surface area (Å²) in [4.78, 5) is 14.3. The van der Waals surface area contributed by atoms with Crippen LogP contribution in [-0.4, -0.2) is 35.2 Å². The number of amides is 2. The second kappa shape index (κ2) is 8.56. The summed E-state index contributed by atoms with van der Waals surface area (Å²) in [6.07, 6.45) is 1.91. The van der Waals surface area contributed by atoms with Crippen molar-refractivity contribution in [2.45, 2.75) is 32.3 Å². The molecule has 0 radical (unpaired) electrons. The third kappa shape index (κ3) is 4.77.